The molecule has 138 valence electrons. The highest BCUT2D eigenvalue weighted by molar-refractivity contribution is 7.92. The molecule has 0 aliphatic heterocycles. The van der Waals surface area contributed by atoms with Gasteiger partial charge in [0.05, 0.1) is 4.90 Å². The second-order valence-corrected chi connectivity index (χ2v) is 7.82. The fourth-order valence-corrected chi connectivity index (χ4v) is 3.50. The molecule has 0 radical (unpaired) electrons. The number of benzene rings is 2. The number of carbonyl (C=O) groups excluding carboxylic acids is 1. The fraction of sp³-hybridized carbons (Fsp3) is 0.0667. The van der Waals surface area contributed by atoms with Gasteiger partial charge in [0.15, 0.2) is 15.7 Å². The van der Waals surface area contributed by atoms with Gasteiger partial charge in [-0.15, -0.1) is 0 Å². The zero-order valence-corrected chi connectivity index (χ0v) is 15.3. The van der Waals surface area contributed by atoms with E-state index in [-0.39, 0.29) is 10.6 Å². The Bertz CT molecular complexity index is 930. The average molecular weight is 420 g/mol. The molecule has 2 aromatic rings. The first-order valence-corrected chi connectivity index (χ1v) is 9.31. The van der Waals surface area contributed by atoms with Crippen LogP contribution in [0.5, 0.6) is 0 Å². The number of amides is 1. The SMILES string of the molecule is NC(CS(=O)(=O)c1ccc(F)cc1)=NOC(=O)Nc1cc(Cl)cc(Cl)c1. The van der Waals surface area contributed by atoms with Crippen molar-refractivity contribution in [2.45, 2.75) is 4.90 Å². The lowest BCUT2D eigenvalue weighted by atomic mass is 10.3. The van der Waals surface area contributed by atoms with E-state index >= 15 is 0 Å². The van der Waals surface area contributed by atoms with Crippen molar-refractivity contribution < 1.29 is 22.4 Å². The van der Waals surface area contributed by atoms with Crippen LogP contribution in [0.15, 0.2) is 52.5 Å². The van der Waals surface area contributed by atoms with Gasteiger partial charge in [-0.05, 0) is 42.5 Å². The van der Waals surface area contributed by atoms with E-state index in [0.717, 1.165) is 24.3 Å². The smallest absolute Gasteiger partial charge is 0.384 e. The number of carbonyl (C=O) groups is 1. The Labute approximate surface area is 158 Å². The number of halogens is 3. The van der Waals surface area contributed by atoms with E-state index in [4.69, 9.17) is 28.9 Å². The standard InChI is InChI=1S/C15H12Cl2FN3O4S/c16-9-5-10(17)7-12(6-9)20-15(22)25-21-14(19)8-26(23,24)13-3-1-11(18)2-4-13/h1-7H,8H2,(H2,19,21)(H,20,22). The van der Waals surface area contributed by atoms with Gasteiger partial charge < -0.3 is 5.73 Å². The number of sulfone groups is 1. The number of rotatable bonds is 5. The van der Waals surface area contributed by atoms with Crippen molar-refractivity contribution in [1.29, 1.82) is 0 Å². The number of hydrogen-bond donors (Lipinski definition) is 2. The van der Waals surface area contributed by atoms with Gasteiger partial charge in [0.1, 0.15) is 11.6 Å². The number of nitrogens with one attached hydrogen (secondary N) is 1. The zero-order valence-electron chi connectivity index (χ0n) is 12.9. The summed E-state index contributed by atoms with van der Waals surface area (Å²) in [4.78, 5) is 16.0. The molecule has 11 heteroatoms. The summed E-state index contributed by atoms with van der Waals surface area (Å²) < 4.78 is 37.0. The maximum atomic E-state index is 12.9. The van der Waals surface area contributed by atoms with Crippen LogP contribution in [0.2, 0.25) is 10.0 Å². The van der Waals surface area contributed by atoms with Crippen molar-refractivity contribution in [2.24, 2.45) is 10.9 Å². The minimum Gasteiger partial charge on any atom is -0.384 e. The number of oxime groups is 1. The van der Waals surface area contributed by atoms with Crippen molar-refractivity contribution >= 4 is 50.7 Å². The first-order valence-electron chi connectivity index (χ1n) is 6.90. The van der Waals surface area contributed by atoms with Gasteiger partial charge in [-0.2, -0.15) is 0 Å². The molecule has 2 rings (SSSR count). The third kappa shape index (κ3) is 5.87. The van der Waals surface area contributed by atoms with Crippen LogP contribution in [0.4, 0.5) is 14.9 Å². The highest BCUT2D eigenvalue weighted by Gasteiger charge is 2.17. The maximum Gasteiger partial charge on any atom is 0.437 e. The number of nitrogens with zero attached hydrogens (tertiary/aromatic N) is 1. The quantitative estimate of drug-likeness (QED) is 0.253. The lowest BCUT2D eigenvalue weighted by molar-refractivity contribution is 0.166. The molecule has 0 atom stereocenters. The van der Waals surface area contributed by atoms with Gasteiger partial charge >= 0.3 is 6.09 Å². The summed E-state index contributed by atoms with van der Waals surface area (Å²) in [7, 11) is -3.86. The lowest BCUT2D eigenvalue weighted by Gasteiger charge is -2.06. The molecular formula is C15H12Cl2FN3O4S. The largest absolute Gasteiger partial charge is 0.437 e. The van der Waals surface area contributed by atoms with Gasteiger partial charge in [0.2, 0.25) is 0 Å². The summed E-state index contributed by atoms with van der Waals surface area (Å²) in [5.41, 5.74) is 5.72. The minimum atomic E-state index is -3.86. The number of anilines is 1. The van der Waals surface area contributed by atoms with Crippen LogP contribution < -0.4 is 11.1 Å². The number of amidine groups is 1. The van der Waals surface area contributed by atoms with E-state index in [9.17, 15) is 17.6 Å². The second-order valence-electron chi connectivity index (χ2n) is 4.96. The number of hydrogen-bond acceptors (Lipinski definition) is 5. The molecule has 0 aromatic heterocycles. The van der Waals surface area contributed by atoms with E-state index in [1.165, 1.54) is 18.2 Å². The van der Waals surface area contributed by atoms with Crippen LogP contribution in [-0.2, 0) is 14.7 Å². The molecule has 0 saturated carbocycles. The zero-order chi connectivity index (χ0) is 19.3. The van der Waals surface area contributed by atoms with Gasteiger partial charge in [0, 0.05) is 15.7 Å². The van der Waals surface area contributed by atoms with Crippen molar-refractivity contribution in [3.8, 4) is 0 Å². The van der Waals surface area contributed by atoms with Gasteiger partial charge in [-0.1, -0.05) is 28.4 Å². The predicted octanol–water partition coefficient (Wildman–Crippen LogP) is 3.43. The predicted molar refractivity (Wildman–Crippen MR) is 96.6 cm³/mol. The van der Waals surface area contributed by atoms with Gasteiger partial charge in [-0.25, -0.2) is 17.6 Å². The molecule has 0 aliphatic rings. The Balaban J connectivity index is 1.98. The van der Waals surface area contributed by atoms with Gasteiger partial charge in [-0.3, -0.25) is 10.2 Å². The molecular weight excluding hydrogens is 408 g/mol. The molecule has 0 saturated heterocycles. The molecule has 0 aliphatic carbocycles. The van der Waals surface area contributed by atoms with Crippen molar-refractivity contribution in [2.75, 3.05) is 11.1 Å². The van der Waals surface area contributed by atoms with Crippen molar-refractivity contribution in [1.82, 2.24) is 0 Å². The Kier molecular flexibility index (Phi) is 6.41. The molecule has 0 bridgehead atoms. The van der Waals surface area contributed by atoms with Gasteiger partial charge in [0.25, 0.3) is 0 Å². The van der Waals surface area contributed by atoms with E-state index < -0.39 is 33.3 Å². The lowest BCUT2D eigenvalue weighted by Crippen LogP contribution is -2.25. The van der Waals surface area contributed by atoms with Crippen molar-refractivity contribution in [3.05, 3.63) is 58.3 Å². The van der Waals surface area contributed by atoms with E-state index in [1.807, 2.05) is 0 Å². The third-order valence-electron chi connectivity index (χ3n) is 2.87. The topological polar surface area (TPSA) is 111 Å². The molecule has 7 nitrogen and oxygen atoms in total. The normalized spacial score (nSPS) is 11.9. The van der Waals surface area contributed by atoms with Crippen molar-refractivity contribution in [3.63, 3.8) is 0 Å². The Morgan fingerprint density at radius 2 is 1.73 bits per heavy atom. The van der Waals surface area contributed by atoms with Crippen LogP contribution in [0.3, 0.4) is 0 Å². The third-order valence-corrected chi connectivity index (χ3v) is 4.97. The molecule has 0 fully saturated rings. The van der Waals surface area contributed by atoms with Crippen LogP contribution in [0.1, 0.15) is 0 Å². The highest BCUT2D eigenvalue weighted by atomic mass is 35.5. The summed E-state index contributed by atoms with van der Waals surface area (Å²) in [6, 6.07) is 8.49. The van der Waals surface area contributed by atoms with Crippen LogP contribution in [-0.4, -0.2) is 26.1 Å². The summed E-state index contributed by atoms with van der Waals surface area (Å²) in [6.45, 7) is 0. The molecule has 26 heavy (non-hydrogen) atoms. The first-order chi connectivity index (χ1) is 12.2. The molecule has 1 amide bonds. The minimum absolute atomic E-state index is 0.143. The summed E-state index contributed by atoms with van der Waals surface area (Å²) in [5.74, 6) is -1.75. The first kappa shape index (κ1) is 20.0. The van der Waals surface area contributed by atoms with Crippen LogP contribution in [0.25, 0.3) is 0 Å². The Hall–Kier alpha value is -2.36. The average Bonchev–Trinajstić information content (AvgIpc) is 2.52. The van der Waals surface area contributed by atoms with E-state index in [2.05, 4.69) is 15.3 Å². The highest BCUT2D eigenvalue weighted by Crippen LogP contribution is 2.22. The summed E-state index contributed by atoms with van der Waals surface area (Å²) in [5, 5.41) is 6.14. The summed E-state index contributed by atoms with van der Waals surface area (Å²) >= 11 is 11.6. The molecule has 0 unspecified atom stereocenters. The van der Waals surface area contributed by atoms with Crippen LogP contribution in [0, 0.1) is 5.82 Å². The molecule has 2 aromatic carbocycles. The number of nitrogens with two attached hydrogens (primary N) is 1. The van der Waals surface area contributed by atoms with E-state index in [1.54, 1.807) is 0 Å². The maximum absolute atomic E-state index is 12.9. The second kappa shape index (κ2) is 8.35. The van der Waals surface area contributed by atoms with Crippen LogP contribution >= 0.6 is 23.2 Å². The Morgan fingerprint density at radius 1 is 1.15 bits per heavy atom. The molecule has 0 heterocycles. The monoisotopic (exact) mass is 419 g/mol. The molecule has 3 N–H and O–H groups in total. The Morgan fingerprint density at radius 3 is 2.31 bits per heavy atom. The molecule has 0 spiro atoms. The van der Waals surface area contributed by atoms with E-state index in [0.29, 0.717) is 10.0 Å². The fourth-order valence-electron chi connectivity index (χ4n) is 1.81. The summed E-state index contributed by atoms with van der Waals surface area (Å²) in [6.07, 6.45) is -1.02.